The van der Waals surface area contributed by atoms with Gasteiger partial charge in [-0.1, -0.05) is 30.3 Å². The van der Waals surface area contributed by atoms with E-state index in [1.807, 2.05) is 30.3 Å². The van der Waals surface area contributed by atoms with Gasteiger partial charge in [-0.25, -0.2) is 4.79 Å². The number of rotatable bonds is 6. The Morgan fingerprint density at radius 3 is 2.48 bits per heavy atom. The smallest absolute Gasteiger partial charge is 0.355 e. The molecule has 0 aliphatic rings. The third-order valence-electron chi connectivity index (χ3n) is 3.29. The standard InChI is InChI=1S/C17H18N2O4/c1-12(20)14-8-15(19(2)10-14)17(22)23-11-16(21)18-9-13-6-4-3-5-7-13/h3-8,10H,9,11H2,1-2H3,(H,18,21). The quantitative estimate of drug-likeness (QED) is 0.650. The maximum atomic E-state index is 11.9. The molecule has 0 saturated carbocycles. The summed E-state index contributed by atoms with van der Waals surface area (Å²) in [5, 5.41) is 2.67. The molecule has 0 fully saturated rings. The van der Waals surface area contributed by atoms with Gasteiger partial charge in [0.2, 0.25) is 0 Å². The molecule has 1 N–H and O–H groups in total. The summed E-state index contributed by atoms with van der Waals surface area (Å²) in [5.74, 6) is -1.17. The molecule has 0 aliphatic heterocycles. The van der Waals surface area contributed by atoms with Crippen LogP contribution in [0.3, 0.4) is 0 Å². The van der Waals surface area contributed by atoms with Gasteiger partial charge >= 0.3 is 5.97 Å². The summed E-state index contributed by atoms with van der Waals surface area (Å²) in [6.07, 6.45) is 1.55. The Morgan fingerprint density at radius 2 is 1.87 bits per heavy atom. The molecule has 6 nitrogen and oxygen atoms in total. The van der Waals surface area contributed by atoms with Crippen LogP contribution >= 0.6 is 0 Å². The Balaban J connectivity index is 1.84. The minimum absolute atomic E-state index is 0.139. The number of aryl methyl sites for hydroxylation is 1. The second-order valence-electron chi connectivity index (χ2n) is 5.12. The minimum Gasteiger partial charge on any atom is -0.451 e. The third kappa shape index (κ3) is 4.54. The van der Waals surface area contributed by atoms with Crippen LogP contribution in [0.1, 0.15) is 33.3 Å². The average Bonchev–Trinajstić information content (AvgIpc) is 2.94. The van der Waals surface area contributed by atoms with Crippen molar-refractivity contribution in [3.8, 4) is 0 Å². The predicted octanol–water partition coefficient (Wildman–Crippen LogP) is 1.70. The van der Waals surface area contributed by atoms with Gasteiger partial charge < -0.3 is 14.6 Å². The highest BCUT2D eigenvalue weighted by molar-refractivity contribution is 5.98. The zero-order valence-electron chi connectivity index (χ0n) is 13.0. The number of hydrogen-bond acceptors (Lipinski definition) is 4. The molecule has 2 rings (SSSR count). The zero-order valence-corrected chi connectivity index (χ0v) is 13.0. The number of ether oxygens (including phenoxy) is 1. The van der Waals surface area contributed by atoms with Crippen LogP contribution in [-0.4, -0.2) is 28.8 Å². The van der Waals surface area contributed by atoms with Crippen molar-refractivity contribution >= 4 is 17.7 Å². The maximum Gasteiger partial charge on any atom is 0.355 e. The van der Waals surface area contributed by atoms with Crippen LogP contribution in [0, 0.1) is 0 Å². The van der Waals surface area contributed by atoms with Gasteiger partial charge in [0.1, 0.15) is 5.69 Å². The molecule has 1 aromatic carbocycles. The Kier molecular flexibility index (Phi) is 5.30. The van der Waals surface area contributed by atoms with E-state index < -0.39 is 5.97 Å². The van der Waals surface area contributed by atoms with Crippen LogP contribution in [-0.2, 0) is 23.1 Å². The van der Waals surface area contributed by atoms with Gasteiger partial charge in [0.25, 0.3) is 5.91 Å². The summed E-state index contributed by atoms with van der Waals surface area (Å²) in [7, 11) is 1.64. The van der Waals surface area contributed by atoms with E-state index in [1.54, 1.807) is 13.2 Å². The van der Waals surface area contributed by atoms with Gasteiger partial charge in [0.15, 0.2) is 12.4 Å². The van der Waals surface area contributed by atoms with Gasteiger partial charge in [0.05, 0.1) is 0 Å². The van der Waals surface area contributed by atoms with E-state index in [-0.39, 0.29) is 24.0 Å². The summed E-state index contributed by atoms with van der Waals surface area (Å²) in [6.45, 7) is 1.42. The van der Waals surface area contributed by atoms with Crippen molar-refractivity contribution in [2.75, 3.05) is 6.61 Å². The zero-order chi connectivity index (χ0) is 16.8. The van der Waals surface area contributed by atoms with E-state index in [9.17, 15) is 14.4 Å². The van der Waals surface area contributed by atoms with Crippen LogP contribution < -0.4 is 5.32 Å². The first-order valence-electron chi connectivity index (χ1n) is 7.12. The summed E-state index contributed by atoms with van der Waals surface area (Å²) in [5.41, 5.74) is 1.61. The first-order chi connectivity index (χ1) is 11.0. The fourth-order valence-electron chi connectivity index (χ4n) is 2.01. The number of nitrogens with zero attached hydrogens (tertiary/aromatic N) is 1. The van der Waals surface area contributed by atoms with Gasteiger partial charge in [-0.3, -0.25) is 9.59 Å². The lowest BCUT2D eigenvalue weighted by molar-refractivity contribution is -0.124. The van der Waals surface area contributed by atoms with Crippen molar-refractivity contribution < 1.29 is 19.1 Å². The molecule has 1 heterocycles. The topological polar surface area (TPSA) is 77.4 Å². The summed E-state index contributed by atoms with van der Waals surface area (Å²) in [4.78, 5) is 34.9. The van der Waals surface area contributed by atoms with Crippen LogP contribution in [0.15, 0.2) is 42.6 Å². The van der Waals surface area contributed by atoms with Gasteiger partial charge in [-0.2, -0.15) is 0 Å². The van der Waals surface area contributed by atoms with Gasteiger partial charge in [0, 0.05) is 25.4 Å². The van der Waals surface area contributed by atoms with Crippen molar-refractivity contribution in [1.82, 2.24) is 9.88 Å². The number of nitrogens with one attached hydrogen (secondary N) is 1. The second kappa shape index (κ2) is 7.40. The molecule has 23 heavy (non-hydrogen) atoms. The number of amides is 1. The fraction of sp³-hybridized carbons (Fsp3) is 0.235. The molecule has 6 heteroatoms. The number of Topliss-reactive ketones (excluding diaryl/α,β-unsaturated/α-hetero) is 1. The molecule has 0 aliphatic carbocycles. The Bertz CT molecular complexity index is 719. The monoisotopic (exact) mass is 314 g/mol. The SMILES string of the molecule is CC(=O)c1cc(C(=O)OCC(=O)NCc2ccccc2)n(C)c1. The van der Waals surface area contributed by atoms with Crippen LogP contribution in [0.4, 0.5) is 0 Å². The van der Waals surface area contributed by atoms with E-state index in [0.29, 0.717) is 12.1 Å². The van der Waals surface area contributed by atoms with Crippen molar-refractivity contribution in [2.24, 2.45) is 7.05 Å². The molecular weight excluding hydrogens is 296 g/mol. The molecule has 0 bridgehead atoms. The van der Waals surface area contributed by atoms with Crippen molar-refractivity contribution in [3.05, 3.63) is 59.4 Å². The van der Waals surface area contributed by atoms with E-state index >= 15 is 0 Å². The molecule has 0 saturated heterocycles. The van der Waals surface area contributed by atoms with Crippen LogP contribution in [0.2, 0.25) is 0 Å². The number of hydrogen-bond donors (Lipinski definition) is 1. The van der Waals surface area contributed by atoms with E-state index in [0.717, 1.165) is 5.56 Å². The highest BCUT2D eigenvalue weighted by Gasteiger charge is 2.16. The summed E-state index contributed by atoms with van der Waals surface area (Å²) < 4.78 is 6.47. The van der Waals surface area contributed by atoms with Crippen LogP contribution in [0.5, 0.6) is 0 Å². The first kappa shape index (κ1) is 16.5. The average molecular weight is 314 g/mol. The number of ketones is 1. The fourth-order valence-corrected chi connectivity index (χ4v) is 2.01. The molecule has 1 amide bonds. The molecular formula is C17H18N2O4. The molecule has 120 valence electrons. The van der Waals surface area contributed by atoms with E-state index in [4.69, 9.17) is 4.74 Å². The number of benzene rings is 1. The number of carbonyl (C=O) groups excluding carboxylic acids is 3. The Labute approximate surface area is 134 Å². The third-order valence-corrected chi connectivity index (χ3v) is 3.29. The molecule has 0 spiro atoms. The highest BCUT2D eigenvalue weighted by atomic mass is 16.5. The van der Waals surface area contributed by atoms with Crippen molar-refractivity contribution in [2.45, 2.75) is 13.5 Å². The van der Waals surface area contributed by atoms with Gasteiger partial charge in [-0.05, 0) is 18.6 Å². The lowest BCUT2D eigenvalue weighted by Gasteiger charge is -2.07. The second-order valence-corrected chi connectivity index (χ2v) is 5.12. The predicted molar refractivity (Wildman–Crippen MR) is 84.0 cm³/mol. The number of carbonyl (C=O) groups is 3. The number of esters is 1. The first-order valence-corrected chi connectivity index (χ1v) is 7.12. The largest absolute Gasteiger partial charge is 0.451 e. The summed E-state index contributed by atoms with van der Waals surface area (Å²) in [6, 6.07) is 10.9. The molecule has 2 aromatic rings. The minimum atomic E-state index is -0.644. The molecule has 0 unspecified atom stereocenters. The van der Waals surface area contributed by atoms with Crippen LogP contribution in [0.25, 0.3) is 0 Å². The molecule has 0 radical (unpaired) electrons. The van der Waals surface area contributed by atoms with Gasteiger partial charge in [-0.15, -0.1) is 0 Å². The Morgan fingerprint density at radius 1 is 1.17 bits per heavy atom. The van der Waals surface area contributed by atoms with E-state index in [1.165, 1.54) is 17.6 Å². The molecule has 0 atom stereocenters. The molecule has 1 aromatic heterocycles. The number of aromatic nitrogens is 1. The summed E-state index contributed by atoms with van der Waals surface area (Å²) >= 11 is 0. The Hall–Kier alpha value is -2.89. The highest BCUT2D eigenvalue weighted by Crippen LogP contribution is 2.09. The van der Waals surface area contributed by atoms with Crippen molar-refractivity contribution in [3.63, 3.8) is 0 Å². The lowest BCUT2D eigenvalue weighted by atomic mass is 10.2. The lowest BCUT2D eigenvalue weighted by Crippen LogP contribution is -2.28. The van der Waals surface area contributed by atoms with E-state index in [2.05, 4.69) is 5.32 Å². The maximum absolute atomic E-state index is 11.9. The van der Waals surface area contributed by atoms with Crippen molar-refractivity contribution in [1.29, 1.82) is 0 Å². The normalized spacial score (nSPS) is 10.2.